The molecular weight excluding hydrogens is 476 g/mol. The van der Waals surface area contributed by atoms with E-state index in [0.717, 1.165) is 54.6 Å². The number of fused-ring (bicyclic) bond motifs is 3. The summed E-state index contributed by atoms with van der Waals surface area (Å²) >= 11 is 0. The van der Waals surface area contributed by atoms with E-state index in [1.165, 1.54) is 0 Å². The highest BCUT2D eigenvalue weighted by molar-refractivity contribution is 7.91. The highest BCUT2D eigenvalue weighted by atomic mass is 32.2. The molecule has 0 bridgehead atoms. The third-order valence-electron chi connectivity index (χ3n) is 7.23. The molecule has 0 fully saturated rings. The van der Waals surface area contributed by atoms with Gasteiger partial charge in [0.15, 0.2) is 9.84 Å². The van der Waals surface area contributed by atoms with E-state index in [9.17, 15) is 13.5 Å². The molecule has 0 spiro atoms. The maximum Gasteiger partial charge on any atom is 0.178 e. The Morgan fingerprint density at radius 3 is 2.05 bits per heavy atom. The smallest absolute Gasteiger partial charge is 0.178 e. The molecule has 0 unspecified atom stereocenters. The number of aryl methyl sites for hydroxylation is 2. The Labute approximate surface area is 216 Å². The van der Waals surface area contributed by atoms with Crippen LogP contribution in [0.3, 0.4) is 0 Å². The molecule has 0 saturated carbocycles. The molecule has 0 heterocycles. The summed E-state index contributed by atoms with van der Waals surface area (Å²) in [6, 6.07) is 35.0. The molecule has 182 valence electrons. The van der Waals surface area contributed by atoms with Crippen LogP contribution < -0.4 is 0 Å². The molecule has 0 radical (unpaired) electrons. The number of rotatable bonds is 5. The summed E-state index contributed by atoms with van der Waals surface area (Å²) in [6.45, 7) is 2.04. The molecule has 3 nitrogen and oxygen atoms in total. The highest BCUT2D eigenvalue weighted by Gasteiger charge is 2.20. The van der Waals surface area contributed by atoms with Gasteiger partial charge in [-0.1, -0.05) is 91.0 Å². The zero-order chi connectivity index (χ0) is 25.6. The van der Waals surface area contributed by atoms with E-state index in [1.807, 2.05) is 79.7 Å². The largest absolute Gasteiger partial charge is 0.507 e. The Bertz CT molecular complexity index is 1920. The molecule has 0 amide bonds. The van der Waals surface area contributed by atoms with Gasteiger partial charge in [0.1, 0.15) is 5.75 Å². The predicted molar refractivity (Wildman–Crippen MR) is 153 cm³/mol. The molecule has 0 aliphatic rings. The monoisotopic (exact) mass is 502 g/mol. The van der Waals surface area contributed by atoms with E-state index in [1.54, 1.807) is 12.1 Å². The van der Waals surface area contributed by atoms with Crippen molar-refractivity contribution < 1.29 is 13.5 Å². The van der Waals surface area contributed by atoms with Gasteiger partial charge in [-0.15, -0.1) is 0 Å². The molecule has 6 aromatic carbocycles. The number of phenolic OH excluding ortho intramolecular Hbond substituents is 1. The normalized spacial score (nSPS) is 11.9. The zero-order valence-corrected chi connectivity index (χ0v) is 21.3. The Morgan fingerprint density at radius 1 is 0.649 bits per heavy atom. The molecule has 0 aliphatic carbocycles. The number of benzene rings is 6. The summed E-state index contributed by atoms with van der Waals surface area (Å²) in [5.74, 6) is 0.199. The van der Waals surface area contributed by atoms with Gasteiger partial charge in [0.2, 0.25) is 0 Å². The van der Waals surface area contributed by atoms with E-state index >= 15 is 0 Å². The fraction of sp³-hybridized carbons (Fsp3) is 0.0909. The van der Waals surface area contributed by atoms with Crippen molar-refractivity contribution >= 4 is 42.2 Å². The molecule has 0 saturated heterocycles. The van der Waals surface area contributed by atoms with Crippen LogP contribution in [-0.2, 0) is 16.3 Å². The summed E-state index contributed by atoms with van der Waals surface area (Å²) in [7, 11) is -3.51. The van der Waals surface area contributed by atoms with Crippen LogP contribution in [0.2, 0.25) is 0 Å². The van der Waals surface area contributed by atoms with Crippen molar-refractivity contribution in [2.75, 3.05) is 5.75 Å². The number of hydrogen-bond acceptors (Lipinski definition) is 3. The molecule has 37 heavy (non-hydrogen) atoms. The van der Waals surface area contributed by atoms with Crippen molar-refractivity contribution in [3.05, 3.63) is 120 Å². The van der Waals surface area contributed by atoms with Crippen LogP contribution in [0.1, 0.15) is 11.1 Å². The topological polar surface area (TPSA) is 54.4 Å². The van der Waals surface area contributed by atoms with Crippen molar-refractivity contribution in [1.82, 2.24) is 0 Å². The van der Waals surface area contributed by atoms with E-state index in [-0.39, 0.29) is 11.5 Å². The summed E-state index contributed by atoms with van der Waals surface area (Å²) in [5, 5.41) is 17.1. The van der Waals surface area contributed by atoms with E-state index in [0.29, 0.717) is 11.3 Å². The SMILES string of the molecule is Cc1ccc2ccccc2c1-c1cc(CCS(=O)(=O)c2ccc3ccccc3c2)c2ccccc2c1O. The summed E-state index contributed by atoms with van der Waals surface area (Å²) in [5.41, 5.74) is 3.66. The first-order chi connectivity index (χ1) is 17.9. The number of phenols is 1. The standard InChI is InChI=1S/C33H26O3S/c1-22-14-15-24-9-4-5-12-29(24)32(22)31-21-26(28-11-6-7-13-30(28)33(31)34)18-19-37(35,36)27-17-16-23-8-2-3-10-25(23)20-27/h2-17,20-21,34H,18-19H2,1H3. The highest BCUT2D eigenvalue weighted by Crippen LogP contribution is 2.42. The van der Waals surface area contributed by atoms with Crippen molar-refractivity contribution in [3.8, 4) is 16.9 Å². The Kier molecular flexibility index (Phi) is 5.69. The lowest BCUT2D eigenvalue weighted by atomic mass is 9.89. The lowest BCUT2D eigenvalue weighted by Gasteiger charge is -2.17. The van der Waals surface area contributed by atoms with E-state index in [4.69, 9.17) is 0 Å². The molecule has 0 atom stereocenters. The second-order valence-corrected chi connectivity index (χ2v) is 11.6. The average Bonchev–Trinajstić information content (AvgIpc) is 2.93. The van der Waals surface area contributed by atoms with E-state index < -0.39 is 9.84 Å². The van der Waals surface area contributed by atoms with Gasteiger partial charge in [0, 0.05) is 10.9 Å². The second kappa shape index (κ2) is 9.06. The third-order valence-corrected chi connectivity index (χ3v) is 8.94. The third kappa shape index (κ3) is 4.13. The van der Waals surface area contributed by atoms with Crippen molar-refractivity contribution in [2.24, 2.45) is 0 Å². The van der Waals surface area contributed by atoms with Crippen LogP contribution >= 0.6 is 0 Å². The van der Waals surface area contributed by atoms with Crippen LogP contribution in [0.4, 0.5) is 0 Å². The number of sulfone groups is 1. The van der Waals surface area contributed by atoms with Gasteiger partial charge in [0.25, 0.3) is 0 Å². The molecule has 0 aliphatic heterocycles. The Balaban J connectivity index is 1.46. The van der Waals surface area contributed by atoms with E-state index in [2.05, 4.69) is 24.3 Å². The van der Waals surface area contributed by atoms with Gasteiger partial charge in [-0.05, 0) is 75.2 Å². The second-order valence-electron chi connectivity index (χ2n) is 9.53. The van der Waals surface area contributed by atoms with Crippen LogP contribution in [0.15, 0.2) is 114 Å². The fourth-order valence-corrected chi connectivity index (χ4v) is 6.60. The van der Waals surface area contributed by atoms with Crippen molar-refractivity contribution in [3.63, 3.8) is 0 Å². The average molecular weight is 503 g/mol. The van der Waals surface area contributed by atoms with Crippen LogP contribution in [0.25, 0.3) is 43.4 Å². The molecule has 1 N–H and O–H groups in total. The van der Waals surface area contributed by atoms with Gasteiger partial charge in [-0.25, -0.2) is 8.42 Å². The van der Waals surface area contributed by atoms with Gasteiger partial charge >= 0.3 is 0 Å². The van der Waals surface area contributed by atoms with Gasteiger partial charge < -0.3 is 5.11 Å². The lowest BCUT2D eigenvalue weighted by molar-refractivity contribution is 0.483. The van der Waals surface area contributed by atoms with Crippen LogP contribution in [0, 0.1) is 6.92 Å². The maximum atomic E-state index is 13.4. The van der Waals surface area contributed by atoms with Gasteiger partial charge in [0.05, 0.1) is 10.6 Å². The molecule has 6 rings (SSSR count). The zero-order valence-electron chi connectivity index (χ0n) is 20.5. The predicted octanol–water partition coefficient (Wildman–Crippen LogP) is 7.84. The van der Waals surface area contributed by atoms with Crippen LogP contribution in [0.5, 0.6) is 5.75 Å². The Hall–Kier alpha value is -4.15. The van der Waals surface area contributed by atoms with Crippen LogP contribution in [-0.4, -0.2) is 19.3 Å². The minimum absolute atomic E-state index is 0.0198. The lowest BCUT2D eigenvalue weighted by Crippen LogP contribution is -2.09. The minimum Gasteiger partial charge on any atom is -0.507 e. The molecular formula is C33H26O3S. The van der Waals surface area contributed by atoms with Gasteiger partial charge in [-0.2, -0.15) is 0 Å². The molecule has 0 aromatic heterocycles. The minimum atomic E-state index is -3.51. The first kappa shape index (κ1) is 23.3. The summed E-state index contributed by atoms with van der Waals surface area (Å²) in [6.07, 6.45) is 0.340. The van der Waals surface area contributed by atoms with Crippen molar-refractivity contribution in [2.45, 2.75) is 18.2 Å². The quantitative estimate of drug-likeness (QED) is 0.261. The summed E-state index contributed by atoms with van der Waals surface area (Å²) < 4.78 is 26.8. The Morgan fingerprint density at radius 2 is 1.27 bits per heavy atom. The summed E-state index contributed by atoms with van der Waals surface area (Å²) in [4.78, 5) is 0.333. The first-order valence-corrected chi connectivity index (χ1v) is 14.0. The maximum absolute atomic E-state index is 13.4. The van der Waals surface area contributed by atoms with Gasteiger partial charge in [-0.3, -0.25) is 0 Å². The van der Waals surface area contributed by atoms with Crippen molar-refractivity contribution in [1.29, 1.82) is 0 Å². The first-order valence-electron chi connectivity index (χ1n) is 12.4. The number of hydrogen-bond donors (Lipinski definition) is 1. The fourth-order valence-electron chi connectivity index (χ4n) is 5.29. The molecule has 4 heteroatoms. The number of aromatic hydroxyl groups is 1. The molecule has 6 aromatic rings.